The minimum Gasteiger partial charge on any atom is -0.434 e. The van der Waals surface area contributed by atoms with Gasteiger partial charge in [-0.1, -0.05) is 18.2 Å². The summed E-state index contributed by atoms with van der Waals surface area (Å²) in [5.41, 5.74) is 0.448. The van der Waals surface area contributed by atoms with Crippen LogP contribution >= 0.6 is 0 Å². The summed E-state index contributed by atoms with van der Waals surface area (Å²) in [6.07, 6.45) is 3.39. The highest BCUT2D eigenvalue weighted by atomic mass is 19.3. The van der Waals surface area contributed by atoms with Gasteiger partial charge in [0, 0.05) is 5.56 Å². The van der Waals surface area contributed by atoms with Gasteiger partial charge in [-0.25, -0.2) is 0 Å². The predicted octanol–water partition coefficient (Wildman–Crippen LogP) is 3.05. The van der Waals surface area contributed by atoms with Crippen molar-refractivity contribution in [1.29, 1.82) is 0 Å². The number of hydrogen-bond donors (Lipinski definition) is 1. The Morgan fingerprint density at radius 1 is 1.18 bits per heavy atom. The SMILES string of the molecule is OCC(O[C@H]1C[C@H]2CC[C@@H](C1)O2)c1ccccc1OC(F)F. The van der Waals surface area contributed by atoms with E-state index < -0.39 is 12.7 Å². The van der Waals surface area contributed by atoms with Gasteiger partial charge in [-0.05, 0) is 31.7 Å². The molecular formula is C16H20F2O4. The van der Waals surface area contributed by atoms with Gasteiger partial charge in [0.1, 0.15) is 11.9 Å². The van der Waals surface area contributed by atoms with E-state index in [1.807, 2.05) is 0 Å². The first kappa shape index (κ1) is 15.6. The minimum absolute atomic E-state index is 0.0250. The molecule has 3 rings (SSSR count). The van der Waals surface area contributed by atoms with Crippen LogP contribution in [-0.2, 0) is 9.47 Å². The molecule has 1 aromatic carbocycles. The fourth-order valence-corrected chi connectivity index (χ4v) is 3.32. The standard InChI is InChI=1S/C16H20F2O4/c17-16(18)22-14-4-2-1-3-13(14)15(9-19)21-12-7-10-5-6-11(8-12)20-10/h1-4,10-12,15-16,19H,5-9H2/t10-,11+,12+,15?. The van der Waals surface area contributed by atoms with E-state index in [-0.39, 0.29) is 30.7 Å². The Kier molecular flexibility index (Phi) is 4.90. The van der Waals surface area contributed by atoms with Gasteiger partial charge in [0.2, 0.25) is 0 Å². The molecule has 0 aromatic heterocycles. The van der Waals surface area contributed by atoms with Gasteiger partial charge in [0.15, 0.2) is 0 Å². The molecular weight excluding hydrogens is 294 g/mol. The molecule has 22 heavy (non-hydrogen) atoms. The normalized spacial score (nSPS) is 28.8. The van der Waals surface area contributed by atoms with E-state index in [2.05, 4.69) is 4.74 Å². The zero-order valence-electron chi connectivity index (χ0n) is 12.2. The number of aliphatic hydroxyl groups is 1. The van der Waals surface area contributed by atoms with E-state index in [1.165, 1.54) is 6.07 Å². The maximum absolute atomic E-state index is 12.5. The summed E-state index contributed by atoms with van der Waals surface area (Å²) in [6.45, 7) is -3.18. The molecule has 4 atom stereocenters. The van der Waals surface area contributed by atoms with Crippen LogP contribution in [-0.4, -0.2) is 36.6 Å². The quantitative estimate of drug-likeness (QED) is 0.877. The number of hydrogen-bond acceptors (Lipinski definition) is 4. The summed E-state index contributed by atoms with van der Waals surface area (Å²) in [5.74, 6) is 0.0478. The molecule has 0 spiro atoms. The second-order valence-corrected chi connectivity index (χ2v) is 5.77. The predicted molar refractivity (Wildman–Crippen MR) is 74.9 cm³/mol. The molecule has 0 saturated carbocycles. The Balaban J connectivity index is 1.71. The van der Waals surface area contributed by atoms with Crippen molar-refractivity contribution in [3.63, 3.8) is 0 Å². The molecule has 2 heterocycles. The van der Waals surface area contributed by atoms with Crippen LogP contribution in [0.2, 0.25) is 0 Å². The van der Waals surface area contributed by atoms with Gasteiger partial charge in [-0.15, -0.1) is 0 Å². The molecule has 122 valence electrons. The van der Waals surface area contributed by atoms with E-state index in [4.69, 9.17) is 9.47 Å². The third kappa shape index (κ3) is 3.56. The van der Waals surface area contributed by atoms with E-state index in [9.17, 15) is 13.9 Å². The van der Waals surface area contributed by atoms with E-state index in [0.717, 1.165) is 25.7 Å². The first-order valence-electron chi connectivity index (χ1n) is 7.61. The number of alkyl halides is 2. The van der Waals surface area contributed by atoms with Crippen LogP contribution in [0.3, 0.4) is 0 Å². The van der Waals surface area contributed by atoms with Gasteiger partial charge in [0.25, 0.3) is 0 Å². The number of aliphatic hydroxyl groups excluding tert-OH is 1. The van der Waals surface area contributed by atoms with Gasteiger partial charge in [-0.3, -0.25) is 0 Å². The Morgan fingerprint density at radius 2 is 1.86 bits per heavy atom. The third-order valence-corrected chi connectivity index (χ3v) is 4.25. The van der Waals surface area contributed by atoms with E-state index in [0.29, 0.717) is 5.56 Å². The summed E-state index contributed by atoms with van der Waals surface area (Å²) in [6, 6.07) is 6.44. The Morgan fingerprint density at radius 3 is 2.50 bits per heavy atom. The fraction of sp³-hybridized carbons (Fsp3) is 0.625. The average molecular weight is 314 g/mol. The maximum atomic E-state index is 12.5. The molecule has 4 nitrogen and oxygen atoms in total. The van der Waals surface area contributed by atoms with Crippen molar-refractivity contribution in [3.8, 4) is 5.75 Å². The topological polar surface area (TPSA) is 47.9 Å². The van der Waals surface area contributed by atoms with Crippen molar-refractivity contribution in [1.82, 2.24) is 0 Å². The Labute approximate surface area is 128 Å². The highest BCUT2D eigenvalue weighted by molar-refractivity contribution is 5.35. The van der Waals surface area contributed by atoms with Crippen LogP contribution < -0.4 is 4.74 Å². The molecule has 2 aliphatic rings. The molecule has 2 fully saturated rings. The summed E-state index contributed by atoms with van der Waals surface area (Å²) in [7, 11) is 0. The van der Waals surface area contributed by atoms with Crippen molar-refractivity contribution in [2.24, 2.45) is 0 Å². The van der Waals surface area contributed by atoms with Crippen LogP contribution in [0.4, 0.5) is 8.78 Å². The van der Waals surface area contributed by atoms with Crippen LogP contribution in [0.15, 0.2) is 24.3 Å². The second kappa shape index (κ2) is 6.89. The summed E-state index contributed by atoms with van der Waals surface area (Å²) < 4.78 is 41.2. The molecule has 0 radical (unpaired) electrons. The molecule has 2 bridgehead atoms. The first-order valence-corrected chi connectivity index (χ1v) is 7.61. The van der Waals surface area contributed by atoms with E-state index >= 15 is 0 Å². The van der Waals surface area contributed by atoms with Gasteiger partial charge < -0.3 is 19.3 Å². The fourth-order valence-electron chi connectivity index (χ4n) is 3.32. The Hall–Kier alpha value is -1.24. The van der Waals surface area contributed by atoms with Crippen LogP contribution in [0.5, 0.6) is 5.75 Å². The zero-order valence-corrected chi connectivity index (χ0v) is 12.2. The van der Waals surface area contributed by atoms with Crippen molar-refractivity contribution in [3.05, 3.63) is 29.8 Å². The molecule has 6 heteroatoms. The van der Waals surface area contributed by atoms with E-state index in [1.54, 1.807) is 18.2 Å². The summed E-state index contributed by atoms with van der Waals surface area (Å²) in [5, 5.41) is 9.62. The Bertz CT molecular complexity index is 485. The molecule has 0 aliphatic carbocycles. The highest BCUT2D eigenvalue weighted by Gasteiger charge is 2.36. The largest absolute Gasteiger partial charge is 0.434 e. The number of para-hydroxylation sites is 1. The van der Waals surface area contributed by atoms with Gasteiger partial charge in [0.05, 0.1) is 24.9 Å². The molecule has 0 amide bonds. The smallest absolute Gasteiger partial charge is 0.387 e. The zero-order chi connectivity index (χ0) is 15.5. The van der Waals surface area contributed by atoms with Crippen molar-refractivity contribution >= 4 is 0 Å². The second-order valence-electron chi connectivity index (χ2n) is 5.77. The van der Waals surface area contributed by atoms with Crippen LogP contribution in [0.25, 0.3) is 0 Å². The molecule has 1 aromatic rings. The number of fused-ring (bicyclic) bond motifs is 2. The molecule has 1 unspecified atom stereocenters. The molecule has 2 saturated heterocycles. The summed E-state index contributed by atoms with van der Waals surface area (Å²) >= 11 is 0. The lowest BCUT2D eigenvalue weighted by Gasteiger charge is -2.31. The minimum atomic E-state index is -2.90. The lowest BCUT2D eigenvalue weighted by molar-refractivity contribution is -0.116. The monoisotopic (exact) mass is 314 g/mol. The first-order chi connectivity index (χ1) is 10.7. The molecule has 1 N–H and O–H groups in total. The highest BCUT2D eigenvalue weighted by Crippen LogP contribution is 2.37. The molecule has 2 aliphatic heterocycles. The average Bonchev–Trinajstić information content (AvgIpc) is 2.84. The van der Waals surface area contributed by atoms with Crippen LogP contribution in [0.1, 0.15) is 37.4 Å². The van der Waals surface area contributed by atoms with Crippen LogP contribution in [0, 0.1) is 0 Å². The van der Waals surface area contributed by atoms with Crippen molar-refractivity contribution < 1.29 is 28.1 Å². The lowest BCUT2D eigenvalue weighted by Crippen LogP contribution is -2.32. The maximum Gasteiger partial charge on any atom is 0.387 e. The lowest BCUT2D eigenvalue weighted by atomic mass is 10.0. The summed E-state index contributed by atoms with van der Waals surface area (Å²) in [4.78, 5) is 0. The number of rotatable bonds is 6. The van der Waals surface area contributed by atoms with Crippen molar-refractivity contribution in [2.45, 2.75) is 56.7 Å². The number of halogens is 2. The number of benzene rings is 1. The van der Waals surface area contributed by atoms with Gasteiger partial charge in [-0.2, -0.15) is 8.78 Å². The number of ether oxygens (including phenoxy) is 3. The van der Waals surface area contributed by atoms with Gasteiger partial charge >= 0.3 is 6.61 Å². The third-order valence-electron chi connectivity index (χ3n) is 4.25. The van der Waals surface area contributed by atoms with Crippen molar-refractivity contribution in [2.75, 3.05) is 6.61 Å².